The van der Waals surface area contributed by atoms with Gasteiger partial charge in [0, 0.05) is 22.6 Å². The normalized spacial score (nSPS) is 25.0. The van der Waals surface area contributed by atoms with Crippen molar-refractivity contribution in [2.45, 2.75) is 81.8 Å². The zero-order valence-electron chi connectivity index (χ0n) is 26.1. The van der Waals surface area contributed by atoms with Gasteiger partial charge >= 0.3 is 5.69 Å². The van der Waals surface area contributed by atoms with Crippen LogP contribution in [0.25, 0.3) is 21.0 Å². The molecule has 242 valence electrons. The van der Waals surface area contributed by atoms with E-state index in [1.807, 2.05) is 18.2 Å². The lowest BCUT2D eigenvalue weighted by molar-refractivity contribution is -0.125. The number of fused-ring (bicyclic) bond motifs is 2. The minimum Gasteiger partial charge on any atom is -0.496 e. The fourth-order valence-corrected chi connectivity index (χ4v) is 8.44. The first-order valence-corrected chi connectivity index (χ1v) is 15.8. The topological polar surface area (TPSA) is 207 Å². The van der Waals surface area contributed by atoms with Crippen LogP contribution in [0.5, 0.6) is 5.75 Å². The number of ether oxygens (including phenoxy) is 2. The van der Waals surface area contributed by atoms with Gasteiger partial charge in [-0.05, 0) is 58.1 Å². The number of nitrogens with zero attached hydrogens (tertiary/aromatic N) is 4. The van der Waals surface area contributed by atoms with Gasteiger partial charge in [0.25, 0.3) is 5.56 Å². The summed E-state index contributed by atoms with van der Waals surface area (Å²) in [6, 6.07) is 9.64. The number of carbonyl (C=O) groups excluding carboxylic acids is 1. The second-order valence-corrected chi connectivity index (χ2v) is 14.0. The van der Waals surface area contributed by atoms with Crippen molar-refractivity contribution in [3.63, 3.8) is 0 Å². The number of benzene rings is 1. The summed E-state index contributed by atoms with van der Waals surface area (Å²) < 4.78 is 20.4. The Morgan fingerprint density at radius 3 is 2.48 bits per heavy atom. The second kappa shape index (κ2) is 11.2. The lowest BCUT2D eigenvalue weighted by Crippen LogP contribution is -2.58. The average molecular weight is 648 g/mol. The van der Waals surface area contributed by atoms with Crippen molar-refractivity contribution < 1.29 is 18.7 Å². The largest absolute Gasteiger partial charge is 0.496 e. The molecule has 13 nitrogen and oxygen atoms in total. The molecule has 46 heavy (non-hydrogen) atoms. The van der Waals surface area contributed by atoms with Gasteiger partial charge in [-0.3, -0.25) is 14.2 Å². The molecule has 0 saturated heterocycles. The smallest absolute Gasteiger partial charge is 0.333 e. The maximum Gasteiger partial charge on any atom is 0.333 e. The van der Waals surface area contributed by atoms with Crippen LogP contribution in [-0.4, -0.2) is 44.3 Å². The lowest BCUT2D eigenvalue weighted by Gasteiger charge is -2.32. The molecule has 1 aromatic carbocycles. The van der Waals surface area contributed by atoms with Gasteiger partial charge in [-0.25, -0.2) is 14.3 Å². The molecule has 2 saturated carbocycles. The quantitative estimate of drug-likeness (QED) is 0.242. The molecule has 2 fully saturated rings. The number of carbonyl (C=O) groups is 1. The van der Waals surface area contributed by atoms with E-state index in [2.05, 4.69) is 11.1 Å². The molecule has 4 aromatic rings. The Morgan fingerprint density at radius 2 is 1.89 bits per heavy atom. The summed E-state index contributed by atoms with van der Waals surface area (Å²) in [4.78, 5) is 46.2. The van der Waals surface area contributed by atoms with Gasteiger partial charge in [0.1, 0.15) is 28.5 Å². The second-order valence-electron chi connectivity index (χ2n) is 13.0. The van der Waals surface area contributed by atoms with Crippen LogP contribution in [-0.2, 0) is 21.6 Å². The number of aromatic nitrogens is 3. The number of nitriles is 1. The number of hydrogen-bond donors (Lipinski definition) is 3. The molecular weight excluding hydrogens is 610 g/mol. The van der Waals surface area contributed by atoms with Crippen LogP contribution in [0, 0.1) is 24.2 Å². The summed E-state index contributed by atoms with van der Waals surface area (Å²) in [6.07, 6.45) is 3.57. The number of methoxy groups -OCH3 is 1. The molecular formula is C32H37N7O6S. The third-order valence-corrected chi connectivity index (χ3v) is 11.1. The minimum absolute atomic E-state index is 0.0533. The van der Waals surface area contributed by atoms with Crippen molar-refractivity contribution in [3.05, 3.63) is 68.7 Å². The Hall–Kier alpha value is -4.29. The molecule has 5 atom stereocenters. The van der Waals surface area contributed by atoms with Gasteiger partial charge < -0.3 is 31.1 Å². The van der Waals surface area contributed by atoms with Crippen LogP contribution in [0.3, 0.4) is 0 Å². The first-order valence-electron chi connectivity index (χ1n) is 15.0. The van der Waals surface area contributed by atoms with Gasteiger partial charge in [0.05, 0.1) is 42.3 Å². The SMILES string of the molecule is COc1ccccc1C(Cn1c(=O)n(C(C)(C)C(N)=O)c(=O)c2c(C)c(-c3ncco3)sc21)O[C@@H]1C[C@]2(N)CC(C#N)C[C@]2(N)C1. The molecule has 0 bridgehead atoms. The van der Waals surface area contributed by atoms with Crippen molar-refractivity contribution in [2.24, 2.45) is 23.1 Å². The van der Waals surface area contributed by atoms with Crippen LogP contribution in [0.1, 0.15) is 56.8 Å². The number of thiophene rings is 1. The Balaban J connectivity index is 1.52. The first kappa shape index (κ1) is 31.7. The number of nitrogens with two attached hydrogens (primary N) is 3. The van der Waals surface area contributed by atoms with E-state index >= 15 is 0 Å². The monoisotopic (exact) mass is 647 g/mol. The van der Waals surface area contributed by atoms with Crippen LogP contribution >= 0.6 is 11.3 Å². The van der Waals surface area contributed by atoms with Crippen molar-refractivity contribution in [1.29, 1.82) is 5.26 Å². The fourth-order valence-electron chi connectivity index (χ4n) is 7.20. The van der Waals surface area contributed by atoms with E-state index < -0.39 is 46.0 Å². The molecule has 3 aromatic heterocycles. The van der Waals surface area contributed by atoms with Crippen molar-refractivity contribution >= 4 is 27.5 Å². The van der Waals surface area contributed by atoms with Gasteiger partial charge in [0.15, 0.2) is 0 Å². The predicted octanol–water partition coefficient (Wildman–Crippen LogP) is 2.67. The Bertz CT molecular complexity index is 1970. The summed E-state index contributed by atoms with van der Waals surface area (Å²) in [5.41, 5.74) is 16.0. The summed E-state index contributed by atoms with van der Waals surface area (Å²) in [6.45, 7) is 4.57. The van der Waals surface area contributed by atoms with Gasteiger partial charge in [-0.2, -0.15) is 5.26 Å². The lowest BCUT2D eigenvalue weighted by atomic mass is 9.85. The molecule has 0 aliphatic heterocycles. The molecule has 0 spiro atoms. The maximum atomic E-state index is 14.4. The van der Waals surface area contributed by atoms with Gasteiger partial charge in [-0.1, -0.05) is 18.2 Å². The molecule has 14 heteroatoms. The summed E-state index contributed by atoms with van der Waals surface area (Å²) in [5, 5.41) is 9.80. The Morgan fingerprint density at radius 1 is 1.22 bits per heavy atom. The van der Waals surface area contributed by atoms with E-state index in [1.54, 1.807) is 20.1 Å². The zero-order valence-corrected chi connectivity index (χ0v) is 26.9. The number of para-hydroxylation sites is 1. The standard InChI is InChI=1S/C32H37N7O6S/c1-17-23-26(40)39(30(2,3)28(34)41)29(42)38(27(23)46-24(17)25-37-9-10-44-25)16-22(20-7-5-6-8-21(20)43-4)45-19-13-31(35)11-18(15-33)12-32(31,36)14-19/h5-10,18-19,22H,11-14,16,35-36H2,1-4H3,(H2,34,41)/t18?,19-,22?,31-,32+. The fraction of sp³-hybridized carbons (Fsp3) is 0.469. The third kappa shape index (κ3) is 4.85. The number of primary amides is 1. The first-order chi connectivity index (χ1) is 21.7. The third-order valence-electron chi connectivity index (χ3n) is 9.77. The Kier molecular flexibility index (Phi) is 7.71. The Labute approximate surface area is 268 Å². The van der Waals surface area contributed by atoms with Crippen LogP contribution < -0.4 is 33.2 Å². The highest BCUT2D eigenvalue weighted by molar-refractivity contribution is 7.22. The van der Waals surface area contributed by atoms with E-state index in [-0.39, 0.29) is 17.8 Å². The molecule has 6 rings (SSSR count). The number of oxazole rings is 1. The van der Waals surface area contributed by atoms with Crippen molar-refractivity contribution in [2.75, 3.05) is 7.11 Å². The average Bonchev–Trinajstić information content (AvgIpc) is 3.75. The molecule has 1 amide bonds. The zero-order chi connectivity index (χ0) is 33.2. The van der Waals surface area contributed by atoms with Gasteiger partial charge in [0.2, 0.25) is 11.8 Å². The number of hydrogen-bond acceptors (Lipinski definition) is 11. The highest BCUT2D eigenvalue weighted by Crippen LogP contribution is 2.51. The number of amides is 1. The van der Waals surface area contributed by atoms with E-state index in [9.17, 15) is 19.6 Å². The van der Waals surface area contributed by atoms with Crippen LogP contribution in [0.4, 0.5) is 0 Å². The molecule has 2 aliphatic carbocycles. The van der Waals surface area contributed by atoms with Crippen molar-refractivity contribution in [3.8, 4) is 22.6 Å². The van der Waals surface area contributed by atoms with E-state index in [4.69, 9.17) is 31.1 Å². The van der Waals surface area contributed by atoms with Crippen molar-refractivity contribution in [1.82, 2.24) is 14.1 Å². The van der Waals surface area contributed by atoms with Crippen LogP contribution in [0.2, 0.25) is 0 Å². The molecule has 0 radical (unpaired) electrons. The predicted molar refractivity (Wildman–Crippen MR) is 171 cm³/mol. The van der Waals surface area contributed by atoms with E-state index in [1.165, 1.54) is 42.2 Å². The minimum atomic E-state index is -1.65. The van der Waals surface area contributed by atoms with E-state index in [0.717, 1.165) is 4.57 Å². The highest BCUT2D eigenvalue weighted by atomic mass is 32.1. The van der Waals surface area contributed by atoms with Crippen LogP contribution in [0.15, 0.2) is 50.7 Å². The summed E-state index contributed by atoms with van der Waals surface area (Å²) in [5.74, 6) is -0.226. The molecule has 2 aliphatic rings. The summed E-state index contributed by atoms with van der Waals surface area (Å²) >= 11 is 1.19. The summed E-state index contributed by atoms with van der Waals surface area (Å²) in [7, 11) is 1.55. The molecule has 2 unspecified atom stereocenters. The highest BCUT2D eigenvalue weighted by Gasteiger charge is 2.60. The molecule has 3 heterocycles. The molecule has 6 N–H and O–H groups in total. The number of rotatable bonds is 9. The van der Waals surface area contributed by atoms with Gasteiger partial charge in [-0.15, -0.1) is 11.3 Å². The number of aryl methyl sites for hydroxylation is 1. The van der Waals surface area contributed by atoms with E-state index in [0.29, 0.717) is 58.2 Å². The maximum absolute atomic E-state index is 14.4.